The van der Waals surface area contributed by atoms with Crippen molar-refractivity contribution in [2.75, 3.05) is 37.3 Å². The second-order valence-corrected chi connectivity index (χ2v) is 29.4. The highest BCUT2D eigenvalue weighted by Gasteiger charge is 2.55. The molecule has 0 spiro atoms. The van der Waals surface area contributed by atoms with Crippen molar-refractivity contribution in [3.05, 3.63) is 64.5 Å². The number of hydrogen-bond acceptors (Lipinski definition) is 9. The molecule has 1 aromatic carbocycles. The monoisotopic (exact) mass is 794 g/mol. The number of pyridine rings is 1. The van der Waals surface area contributed by atoms with Crippen LogP contribution in [-0.4, -0.2) is 80.4 Å². The molecule has 4 aromatic rings. The predicted octanol–water partition coefficient (Wildman–Crippen LogP) is 8.61. The van der Waals surface area contributed by atoms with Gasteiger partial charge in [0.25, 0.3) is 0 Å². The van der Waals surface area contributed by atoms with Gasteiger partial charge in [-0.05, 0) is 84.5 Å². The second-order valence-electron chi connectivity index (χ2n) is 17.3. The van der Waals surface area contributed by atoms with Crippen LogP contribution in [0.1, 0.15) is 38.4 Å². The van der Waals surface area contributed by atoms with Crippen molar-refractivity contribution >= 4 is 65.7 Å². The molecule has 1 aliphatic carbocycles. The van der Waals surface area contributed by atoms with Crippen LogP contribution in [0.15, 0.2) is 53.3 Å². The molecule has 1 fully saturated rings. The molecule has 0 radical (unpaired) electrons. The summed E-state index contributed by atoms with van der Waals surface area (Å²) in [5.41, 5.74) is 10.9. The first-order chi connectivity index (χ1) is 23.9. The Hall–Kier alpha value is -2.66. The molecular formula is C38H55BrN6O4Si2. The van der Waals surface area contributed by atoms with Crippen LogP contribution in [0.4, 0.5) is 11.6 Å². The van der Waals surface area contributed by atoms with E-state index in [4.69, 9.17) is 34.8 Å². The van der Waals surface area contributed by atoms with Gasteiger partial charge in [0.15, 0.2) is 11.6 Å². The molecule has 1 saturated heterocycles. The van der Waals surface area contributed by atoms with Crippen molar-refractivity contribution in [3.63, 3.8) is 0 Å². The zero-order chi connectivity index (χ0) is 36.8. The Balaban J connectivity index is 1.28. The quantitative estimate of drug-likeness (QED) is 0.0719. The molecule has 0 bridgehead atoms. The molecule has 2 N–H and O–H groups in total. The molecule has 3 atom stereocenters. The van der Waals surface area contributed by atoms with Crippen LogP contribution in [0.25, 0.3) is 22.0 Å². The second kappa shape index (κ2) is 14.6. The minimum Gasteiger partial charge on any atom is -0.383 e. The summed E-state index contributed by atoms with van der Waals surface area (Å²) in [5.74, 6) is 0.574. The van der Waals surface area contributed by atoms with E-state index in [9.17, 15) is 0 Å². The van der Waals surface area contributed by atoms with Gasteiger partial charge >= 0.3 is 0 Å². The number of rotatable bonds is 15. The van der Waals surface area contributed by atoms with E-state index in [0.717, 1.165) is 76.1 Å². The largest absolute Gasteiger partial charge is 0.383 e. The number of fused-ring (bicyclic) bond motifs is 3. The average Bonchev–Trinajstić information content (AvgIpc) is 3.69. The number of halogens is 1. The van der Waals surface area contributed by atoms with E-state index in [-0.39, 0.29) is 17.6 Å². The van der Waals surface area contributed by atoms with Crippen molar-refractivity contribution in [2.45, 2.75) is 103 Å². The molecule has 10 nitrogen and oxygen atoms in total. The zero-order valence-corrected chi connectivity index (χ0v) is 35.3. The van der Waals surface area contributed by atoms with Gasteiger partial charge in [-0.25, -0.2) is 14.5 Å². The van der Waals surface area contributed by atoms with Gasteiger partial charge in [0.05, 0.1) is 15.7 Å². The smallest absolute Gasteiger partial charge is 0.164 e. The van der Waals surface area contributed by atoms with Crippen molar-refractivity contribution in [1.29, 1.82) is 0 Å². The lowest BCUT2D eigenvalue weighted by Gasteiger charge is -2.30. The van der Waals surface area contributed by atoms with E-state index in [1.807, 2.05) is 24.4 Å². The van der Waals surface area contributed by atoms with Gasteiger partial charge in [0.1, 0.15) is 43.3 Å². The molecule has 2 aliphatic rings. The Morgan fingerprint density at radius 2 is 1.63 bits per heavy atom. The SMILES string of the molecule is CC1(C)O[C@H]2C(c3ccc4c(N(COCC[Si](C)(C)C)COCC[Si](C)(C)C)ncnn34)=C[C@](C)(CCc3ccc4cc(Br)c(N)nc4c3)[C@H]2O1. The van der Waals surface area contributed by atoms with Crippen LogP contribution in [0.5, 0.6) is 0 Å². The van der Waals surface area contributed by atoms with Crippen molar-refractivity contribution in [2.24, 2.45) is 5.41 Å². The summed E-state index contributed by atoms with van der Waals surface area (Å²) < 4.78 is 28.6. The predicted molar refractivity (Wildman–Crippen MR) is 215 cm³/mol. The van der Waals surface area contributed by atoms with Gasteiger partial charge in [-0.1, -0.05) is 64.4 Å². The minimum absolute atomic E-state index is 0.143. The number of aromatic nitrogens is 4. The molecule has 13 heteroatoms. The summed E-state index contributed by atoms with van der Waals surface area (Å²) in [6.45, 7) is 22.7. The summed E-state index contributed by atoms with van der Waals surface area (Å²) in [6.07, 6.45) is 5.33. The lowest BCUT2D eigenvalue weighted by atomic mass is 9.81. The lowest BCUT2D eigenvalue weighted by Crippen LogP contribution is -2.34. The number of ether oxygens (including phenoxy) is 4. The highest BCUT2D eigenvalue weighted by molar-refractivity contribution is 9.10. The Morgan fingerprint density at radius 3 is 2.29 bits per heavy atom. The van der Waals surface area contributed by atoms with E-state index < -0.39 is 21.9 Å². The third kappa shape index (κ3) is 8.94. The summed E-state index contributed by atoms with van der Waals surface area (Å²) in [7, 11) is -2.45. The molecule has 0 saturated carbocycles. The fourth-order valence-corrected chi connectivity index (χ4v) is 8.69. The Morgan fingerprint density at radius 1 is 0.941 bits per heavy atom. The fourth-order valence-electron chi connectivity index (χ4n) is 6.84. The van der Waals surface area contributed by atoms with Crippen molar-refractivity contribution in [1.82, 2.24) is 19.6 Å². The van der Waals surface area contributed by atoms with Gasteiger partial charge in [-0.3, -0.25) is 0 Å². The Kier molecular flexibility index (Phi) is 10.9. The molecule has 276 valence electrons. The Bertz CT molecular complexity index is 1880. The zero-order valence-electron chi connectivity index (χ0n) is 31.8. The molecule has 0 unspecified atom stereocenters. The lowest BCUT2D eigenvalue weighted by molar-refractivity contribution is -0.153. The Labute approximate surface area is 313 Å². The highest BCUT2D eigenvalue weighted by Crippen LogP contribution is 2.52. The topological polar surface area (TPSA) is 109 Å². The molecular weight excluding hydrogens is 741 g/mol. The molecule has 3 aromatic heterocycles. The number of hydrogen-bond donors (Lipinski definition) is 1. The van der Waals surface area contributed by atoms with Crippen LogP contribution < -0.4 is 10.6 Å². The highest BCUT2D eigenvalue weighted by atomic mass is 79.9. The molecule has 6 rings (SSSR count). The van der Waals surface area contributed by atoms with Gasteiger partial charge < -0.3 is 29.6 Å². The van der Waals surface area contributed by atoms with Gasteiger partial charge in [-0.2, -0.15) is 5.10 Å². The number of nitrogens with two attached hydrogens (primary N) is 1. The molecule has 4 heterocycles. The number of benzene rings is 1. The van der Waals surface area contributed by atoms with E-state index in [1.54, 1.807) is 6.33 Å². The van der Waals surface area contributed by atoms with Gasteiger partial charge in [-0.15, -0.1) is 0 Å². The number of aryl methyl sites for hydroxylation is 1. The fraction of sp³-hybridized carbons (Fsp3) is 0.553. The summed E-state index contributed by atoms with van der Waals surface area (Å²) in [5, 5.41) is 5.83. The van der Waals surface area contributed by atoms with Crippen molar-refractivity contribution in [3.8, 4) is 0 Å². The van der Waals surface area contributed by atoms with Crippen LogP contribution in [0.2, 0.25) is 51.4 Å². The average molecular weight is 796 g/mol. The molecule has 1 aliphatic heterocycles. The van der Waals surface area contributed by atoms with Crippen molar-refractivity contribution < 1.29 is 18.9 Å². The van der Waals surface area contributed by atoms with E-state index in [0.29, 0.717) is 19.3 Å². The van der Waals surface area contributed by atoms with Crippen LogP contribution in [0, 0.1) is 5.41 Å². The maximum absolute atomic E-state index is 6.65. The summed E-state index contributed by atoms with van der Waals surface area (Å²) >= 11 is 3.50. The summed E-state index contributed by atoms with van der Waals surface area (Å²) in [6, 6.07) is 14.9. The van der Waals surface area contributed by atoms with E-state index in [2.05, 4.69) is 108 Å². The van der Waals surface area contributed by atoms with Gasteiger partial charge in [0.2, 0.25) is 0 Å². The number of nitrogens with zero attached hydrogens (tertiary/aromatic N) is 5. The van der Waals surface area contributed by atoms with E-state index >= 15 is 0 Å². The third-order valence-corrected chi connectivity index (χ3v) is 13.9. The third-order valence-electron chi connectivity index (χ3n) is 9.87. The number of nitrogen functional groups attached to an aromatic ring is 1. The first-order valence-corrected chi connectivity index (χ1v) is 26.3. The first-order valence-electron chi connectivity index (χ1n) is 18.1. The molecule has 0 amide bonds. The van der Waals surface area contributed by atoms with Crippen LogP contribution >= 0.6 is 15.9 Å². The summed E-state index contributed by atoms with van der Waals surface area (Å²) in [4.78, 5) is 11.5. The normalized spacial score (nSPS) is 21.8. The number of anilines is 2. The maximum Gasteiger partial charge on any atom is 0.164 e. The first kappa shape index (κ1) is 38.1. The molecule has 51 heavy (non-hydrogen) atoms. The van der Waals surface area contributed by atoms with Gasteiger partial charge in [0, 0.05) is 45.7 Å². The maximum atomic E-state index is 6.65. The standard InChI is InChI=1S/C38H55BrN6O4Si2/c1-37(2)48-33-28(22-38(3,34(33)49-37)15-14-26-10-11-27-21-29(39)35(40)43-30(27)20-26)31-12-13-32-36(41-23-42-45(31)32)44(24-46-16-18-50(4,5)6)25-47-17-19-51(7,8)9/h10-13,20-23,33-34H,14-19,24-25H2,1-9H3,(H2,40,43)/t33-,34-,38-/m0/s1. The van der Waals surface area contributed by atoms with Crippen LogP contribution in [-0.2, 0) is 25.4 Å². The minimum atomic E-state index is -1.23. The van der Waals surface area contributed by atoms with E-state index in [1.165, 1.54) is 5.56 Å². The van der Waals surface area contributed by atoms with Crippen LogP contribution in [0.3, 0.4) is 0 Å².